The Kier molecular flexibility index (Phi) is 6.66. The number of ether oxygens (including phenoxy) is 1. The third kappa shape index (κ3) is 4.72. The van der Waals surface area contributed by atoms with Crippen molar-refractivity contribution in [2.45, 2.75) is 19.4 Å². The quantitative estimate of drug-likeness (QED) is 0.371. The van der Waals surface area contributed by atoms with Crippen LogP contribution in [0.4, 0.5) is 11.4 Å². The SMILES string of the molecule is CCOc1ccc(N2C(=O)CC(N3CCN(c4ccc(C(=O)c5cccs5)cc4)CC3)C2=O)cc1. The Morgan fingerprint density at radius 1 is 0.943 bits per heavy atom. The van der Waals surface area contributed by atoms with Gasteiger partial charge in [-0.3, -0.25) is 19.3 Å². The molecule has 5 rings (SSSR count). The zero-order valence-corrected chi connectivity index (χ0v) is 20.4. The summed E-state index contributed by atoms with van der Waals surface area (Å²) in [6.07, 6.45) is 0.200. The van der Waals surface area contributed by atoms with Crippen molar-refractivity contribution in [2.75, 3.05) is 42.6 Å². The highest BCUT2D eigenvalue weighted by Gasteiger charge is 2.43. The lowest BCUT2D eigenvalue weighted by Gasteiger charge is -2.38. The maximum absolute atomic E-state index is 13.2. The molecular weight excluding hydrogens is 462 g/mol. The van der Waals surface area contributed by atoms with Crippen molar-refractivity contribution in [3.63, 3.8) is 0 Å². The molecule has 1 aromatic heterocycles. The van der Waals surface area contributed by atoms with E-state index in [2.05, 4.69) is 9.80 Å². The molecule has 2 amide bonds. The molecule has 2 aliphatic heterocycles. The molecule has 0 spiro atoms. The van der Waals surface area contributed by atoms with Crippen molar-refractivity contribution >= 4 is 40.3 Å². The third-order valence-corrected chi connectivity index (χ3v) is 7.39. The first-order chi connectivity index (χ1) is 17.0. The van der Waals surface area contributed by atoms with Crippen molar-refractivity contribution in [1.82, 2.24) is 4.90 Å². The van der Waals surface area contributed by atoms with Crippen molar-refractivity contribution in [2.24, 2.45) is 0 Å². The van der Waals surface area contributed by atoms with E-state index < -0.39 is 6.04 Å². The Balaban J connectivity index is 1.20. The molecule has 2 aromatic carbocycles. The van der Waals surface area contributed by atoms with Gasteiger partial charge in [0.25, 0.3) is 5.91 Å². The fourth-order valence-corrected chi connectivity index (χ4v) is 5.38. The van der Waals surface area contributed by atoms with E-state index in [0.29, 0.717) is 36.7 Å². The summed E-state index contributed by atoms with van der Waals surface area (Å²) in [4.78, 5) is 44.8. The topological polar surface area (TPSA) is 70.2 Å². The number of carbonyl (C=O) groups excluding carboxylic acids is 3. The van der Waals surface area contributed by atoms with Gasteiger partial charge in [0.1, 0.15) is 5.75 Å². The minimum atomic E-state index is -0.429. The van der Waals surface area contributed by atoms with Crippen LogP contribution in [0.2, 0.25) is 0 Å². The molecule has 2 aliphatic rings. The number of imide groups is 1. The molecule has 3 heterocycles. The lowest BCUT2D eigenvalue weighted by atomic mass is 10.1. The largest absolute Gasteiger partial charge is 0.494 e. The molecule has 0 N–H and O–H groups in total. The predicted octanol–water partition coefficient (Wildman–Crippen LogP) is 3.83. The van der Waals surface area contributed by atoms with E-state index in [1.54, 1.807) is 24.3 Å². The fraction of sp³-hybridized carbons (Fsp3) is 0.296. The highest BCUT2D eigenvalue weighted by atomic mass is 32.1. The van der Waals surface area contributed by atoms with E-state index in [1.807, 2.05) is 48.7 Å². The molecule has 0 saturated carbocycles. The van der Waals surface area contributed by atoms with Gasteiger partial charge in [0.2, 0.25) is 11.7 Å². The summed E-state index contributed by atoms with van der Waals surface area (Å²) in [7, 11) is 0. The molecule has 0 radical (unpaired) electrons. The predicted molar refractivity (Wildman–Crippen MR) is 136 cm³/mol. The van der Waals surface area contributed by atoms with Crippen LogP contribution in [0.5, 0.6) is 5.75 Å². The van der Waals surface area contributed by atoms with Crippen molar-refractivity contribution in [1.29, 1.82) is 0 Å². The van der Waals surface area contributed by atoms with Crippen LogP contribution in [0.15, 0.2) is 66.0 Å². The maximum Gasteiger partial charge on any atom is 0.251 e. The summed E-state index contributed by atoms with van der Waals surface area (Å²) >= 11 is 1.45. The van der Waals surface area contributed by atoms with Crippen molar-refractivity contribution < 1.29 is 19.1 Å². The number of piperazine rings is 1. The minimum absolute atomic E-state index is 0.0397. The van der Waals surface area contributed by atoms with Crippen molar-refractivity contribution in [3.05, 3.63) is 76.5 Å². The molecule has 2 fully saturated rings. The summed E-state index contributed by atoms with van der Waals surface area (Å²) in [5, 5.41) is 1.90. The van der Waals surface area contributed by atoms with Crippen molar-refractivity contribution in [3.8, 4) is 5.75 Å². The molecule has 0 bridgehead atoms. The molecular formula is C27H27N3O4S. The normalized spacial score (nSPS) is 18.8. The van der Waals surface area contributed by atoms with Crippen LogP contribution in [0.25, 0.3) is 0 Å². The van der Waals surface area contributed by atoms with Crippen LogP contribution in [-0.2, 0) is 9.59 Å². The van der Waals surface area contributed by atoms with Gasteiger partial charge in [-0.1, -0.05) is 6.07 Å². The highest BCUT2D eigenvalue weighted by molar-refractivity contribution is 7.12. The van der Waals surface area contributed by atoms with E-state index >= 15 is 0 Å². The van der Waals surface area contributed by atoms with Crippen LogP contribution in [0.3, 0.4) is 0 Å². The average molecular weight is 490 g/mol. The zero-order valence-electron chi connectivity index (χ0n) is 19.6. The van der Waals surface area contributed by atoms with E-state index in [-0.39, 0.29) is 24.0 Å². The van der Waals surface area contributed by atoms with Gasteiger partial charge in [-0.05, 0) is 66.9 Å². The van der Waals surface area contributed by atoms with Crippen LogP contribution in [0.1, 0.15) is 28.6 Å². The van der Waals surface area contributed by atoms with E-state index in [1.165, 1.54) is 16.2 Å². The second-order valence-corrected chi connectivity index (χ2v) is 9.54. The van der Waals surface area contributed by atoms with Crippen LogP contribution in [0, 0.1) is 0 Å². The highest BCUT2D eigenvalue weighted by Crippen LogP contribution is 2.29. The molecule has 3 aromatic rings. The maximum atomic E-state index is 13.2. The van der Waals surface area contributed by atoms with Gasteiger partial charge in [-0.25, -0.2) is 4.90 Å². The van der Waals surface area contributed by atoms with Gasteiger partial charge in [0, 0.05) is 37.4 Å². The van der Waals surface area contributed by atoms with Crippen LogP contribution in [-0.4, -0.2) is 61.3 Å². The first-order valence-electron chi connectivity index (χ1n) is 11.8. The summed E-state index contributed by atoms with van der Waals surface area (Å²) in [6, 6.07) is 18.1. The fourth-order valence-electron chi connectivity index (χ4n) is 4.70. The molecule has 7 nitrogen and oxygen atoms in total. The molecule has 180 valence electrons. The Morgan fingerprint density at radius 2 is 1.63 bits per heavy atom. The number of nitrogens with zero attached hydrogens (tertiary/aromatic N) is 3. The standard InChI is InChI=1S/C27H27N3O4S/c1-2-34-22-11-9-21(10-12-22)30-25(31)18-23(27(30)33)29-15-13-28(14-16-29)20-7-5-19(6-8-20)26(32)24-4-3-17-35-24/h3-12,17,23H,2,13-16,18H2,1H3. The zero-order chi connectivity index (χ0) is 24.4. The van der Waals surface area contributed by atoms with Gasteiger partial charge in [-0.15, -0.1) is 11.3 Å². The van der Waals surface area contributed by atoms with Gasteiger partial charge in [-0.2, -0.15) is 0 Å². The van der Waals surface area contributed by atoms with E-state index in [4.69, 9.17) is 4.74 Å². The van der Waals surface area contributed by atoms with Crippen LogP contribution < -0.4 is 14.5 Å². The number of carbonyl (C=O) groups is 3. The second kappa shape index (κ2) is 10.0. The lowest BCUT2D eigenvalue weighted by Crippen LogP contribution is -2.52. The number of hydrogen-bond acceptors (Lipinski definition) is 7. The Labute approximate surface area is 208 Å². The monoisotopic (exact) mass is 489 g/mol. The smallest absolute Gasteiger partial charge is 0.251 e. The van der Waals surface area contributed by atoms with Gasteiger partial charge in [0.05, 0.1) is 29.6 Å². The first kappa shape index (κ1) is 23.3. The molecule has 0 aliphatic carbocycles. The Hall–Kier alpha value is -3.49. The molecule has 2 saturated heterocycles. The minimum Gasteiger partial charge on any atom is -0.494 e. The average Bonchev–Trinajstić information content (AvgIpc) is 3.53. The lowest BCUT2D eigenvalue weighted by molar-refractivity contribution is -0.123. The molecule has 1 atom stereocenters. The number of thiophene rings is 1. The number of ketones is 1. The Morgan fingerprint density at radius 3 is 2.26 bits per heavy atom. The van der Waals surface area contributed by atoms with Gasteiger partial charge >= 0.3 is 0 Å². The summed E-state index contributed by atoms with van der Waals surface area (Å²) in [6.45, 7) is 5.35. The number of amides is 2. The van der Waals surface area contributed by atoms with E-state index in [0.717, 1.165) is 23.7 Å². The number of rotatable bonds is 7. The van der Waals surface area contributed by atoms with Crippen LogP contribution >= 0.6 is 11.3 Å². The summed E-state index contributed by atoms with van der Waals surface area (Å²) < 4.78 is 5.46. The molecule has 35 heavy (non-hydrogen) atoms. The number of hydrogen-bond donors (Lipinski definition) is 0. The molecule has 1 unspecified atom stereocenters. The third-order valence-electron chi connectivity index (χ3n) is 6.52. The Bertz CT molecular complexity index is 1200. The van der Waals surface area contributed by atoms with Gasteiger partial charge < -0.3 is 9.64 Å². The second-order valence-electron chi connectivity index (χ2n) is 8.59. The number of benzene rings is 2. The number of anilines is 2. The molecule has 8 heteroatoms. The van der Waals surface area contributed by atoms with E-state index in [9.17, 15) is 14.4 Å². The summed E-state index contributed by atoms with van der Waals surface area (Å²) in [5.41, 5.74) is 2.32. The first-order valence-corrected chi connectivity index (χ1v) is 12.7. The van der Waals surface area contributed by atoms with Gasteiger partial charge in [0.15, 0.2) is 0 Å². The summed E-state index contributed by atoms with van der Waals surface area (Å²) in [5.74, 6) is 0.423.